The van der Waals surface area contributed by atoms with Crippen LogP contribution in [0.15, 0.2) is 0 Å². The van der Waals surface area contributed by atoms with Gasteiger partial charge in [-0.25, -0.2) is 0 Å². The maximum atomic E-state index is 5.28. The van der Waals surface area contributed by atoms with Crippen molar-refractivity contribution in [3.8, 4) is 0 Å². The van der Waals surface area contributed by atoms with Crippen LogP contribution >= 0.6 is 11.3 Å². The molecule has 4 nitrogen and oxygen atoms in total. The molecule has 0 amide bonds. The van der Waals surface area contributed by atoms with Gasteiger partial charge in [0.1, 0.15) is 16.6 Å². The Kier molecular flexibility index (Phi) is 5.75. The summed E-state index contributed by atoms with van der Waals surface area (Å²) in [7, 11) is 0. The molecule has 0 bridgehead atoms. The van der Waals surface area contributed by atoms with E-state index in [0.29, 0.717) is 6.61 Å². The van der Waals surface area contributed by atoms with Gasteiger partial charge in [-0.1, -0.05) is 18.3 Å². The van der Waals surface area contributed by atoms with Crippen molar-refractivity contribution in [2.24, 2.45) is 0 Å². The Morgan fingerprint density at radius 3 is 2.87 bits per heavy atom. The zero-order valence-corrected chi connectivity index (χ0v) is 10.4. The van der Waals surface area contributed by atoms with E-state index in [0.717, 1.165) is 29.6 Å². The van der Waals surface area contributed by atoms with E-state index in [1.165, 1.54) is 0 Å². The second kappa shape index (κ2) is 6.87. The van der Waals surface area contributed by atoms with Crippen LogP contribution in [0.1, 0.15) is 43.2 Å². The van der Waals surface area contributed by atoms with Crippen LogP contribution in [0.4, 0.5) is 0 Å². The minimum absolute atomic E-state index is 0.290. The lowest BCUT2D eigenvalue weighted by Crippen LogP contribution is -2.18. The first kappa shape index (κ1) is 12.5. The molecule has 1 N–H and O–H groups in total. The van der Waals surface area contributed by atoms with Crippen molar-refractivity contribution >= 4 is 11.3 Å². The quantitative estimate of drug-likeness (QED) is 0.778. The summed E-state index contributed by atoms with van der Waals surface area (Å²) in [5, 5.41) is 13.6. The summed E-state index contributed by atoms with van der Waals surface area (Å²) in [6, 6.07) is 0.290. The van der Waals surface area contributed by atoms with Crippen LogP contribution < -0.4 is 5.32 Å². The standard InChI is InChI=1S/C10H19N3OS/c1-4-6-11-8(3)10-13-12-9(15-10)7-14-5-2/h8,11H,4-7H2,1-3H3. The van der Waals surface area contributed by atoms with Crippen molar-refractivity contribution < 1.29 is 4.74 Å². The SMILES string of the molecule is CCCNC(C)c1nnc(COCC)s1. The Morgan fingerprint density at radius 1 is 1.40 bits per heavy atom. The number of nitrogens with one attached hydrogen (secondary N) is 1. The lowest BCUT2D eigenvalue weighted by Gasteiger charge is -2.08. The highest BCUT2D eigenvalue weighted by atomic mass is 32.1. The van der Waals surface area contributed by atoms with Crippen LogP contribution in [0, 0.1) is 0 Å². The van der Waals surface area contributed by atoms with Crippen LogP contribution in [0.2, 0.25) is 0 Å². The predicted octanol–water partition coefficient (Wildman–Crippen LogP) is 2.14. The molecule has 0 aromatic carbocycles. The van der Waals surface area contributed by atoms with Gasteiger partial charge in [-0.2, -0.15) is 0 Å². The van der Waals surface area contributed by atoms with Gasteiger partial charge in [-0.05, 0) is 26.8 Å². The van der Waals surface area contributed by atoms with Crippen LogP contribution in [-0.2, 0) is 11.3 Å². The lowest BCUT2D eigenvalue weighted by atomic mass is 10.3. The molecule has 86 valence electrons. The fourth-order valence-electron chi connectivity index (χ4n) is 1.14. The summed E-state index contributed by atoms with van der Waals surface area (Å²) in [4.78, 5) is 0. The third-order valence-corrected chi connectivity index (χ3v) is 3.06. The third kappa shape index (κ3) is 4.24. The number of rotatable bonds is 7. The van der Waals surface area contributed by atoms with E-state index >= 15 is 0 Å². The van der Waals surface area contributed by atoms with Crippen LogP contribution in [0.3, 0.4) is 0 Å². The number of hydrogen-bond donors (Lipinski definition) is 1. The highest BCUT2D eigenvalue weighted by Crippen LogP contribution is 2.18. The molecule has 0 aliphatic rings. The summed E-state index contributed by atoms with van der Waals surface area (Å²) in [6.45, 7) is 8.56. The average Bonchev–Trinajstić information content (AvgIpc) is 2.71. The Balaban J connectivity index is 2.43. The van der Waals surface area contributed by atoms with Gasteiger partial charge in [-0.15, -0.1) is 10.2 Å². The van der Waals surface area contributed by atoms with Gasteiger partial charge in [0.05, 0.1) is 6.04 Å². The molecule has 0 radical (unpaired) electrons. The van der Waals surface area contributed by atoms with Crippen LogP contribution in [-0.4, -0.2) is 23.3 Å². The van der Waals surface area contributed by atoms with Gasteiger partial charge in [0, 0.05) is 6.61 Å². The van der Waals surface area contributed by atoms with Gasteiger partial charge in [0.2, 0.25) is 0 Å². The van der Waals surface area contributed by atoms with E-state index in [4.69, 9.17) is 4.74 Å². The maximum absolute atomic E-state index is 5.28. The first-order valence-electron chi connectivity index (χ1n) is 5.41. The molecular formula is C10H19N3OS. The van der Waals surface area contributed by atoms with E-state index < -0.39 is 0 Å². The summed E-state index contributed by atoms with van der Waals surface area (Å²) < 4.78 is 5.28. The van der Waals surface area contributed by atoms with Gasteiger partial charge in [0.25, 0.3) is 0 Å². The van der Waals surface area contributed by atoms with Crippen LogP contribution in [0.25, 0.3) is 0 Å². The van der Waals surface area contributed by atoms with Gasteiger partial charge in [0.15, 0.2) is 0 Å². The number of ether oxygens (including phenoxy) is 1. The van der Waals surface area contributed by atoms with E-state index in [1.807, 2.05) is 6.92 Å². The van der Waals surface area contributed by atoms with E-state index in [2.05, 4.69) is 29.4 Å². The summed E-state index contributed by atoms with van der Waals surface area (Å²) >= 11 is 1.62. The molecule has 15 heavy (non-hydrogen) atoms. The molecule has 1 rings (SSSR count). The molecule has 0 aliphatic carbocycles. The third-order valence-electron chi connectivity index (χ3n) is 1.98. The minimum Gasteiger partial charge on any atom is -0.374 e. The fourth-order valence-corrected chi connectivity index (χ4v) is 1.94. The van der Waals surface area contributed by atoms with Crippen LogP contribution in [0.5, 0.6) is 0 Å². The number of aromatic nitrogens is 2. The molecule has 1 atom stereocenters. The number of nitrogens with zero attached hydrogens (tertiary/aromatic N) is 2. The molecule has 5 heteroatoms. The van der Waals surface area contributed by atoms with Crippen molar-refractivity contribution in [2.75, 3.05) is 13.2 Å². The van der Waals surface area contributed by atoms with Crippen molar-refractivity contribution in [1.82, 2.24) is 15.5 Å². The molecule has 0 saturated heterocycles. The van der Waals surface area contributed by atoms with E-state index in [1.54, 1.807) is 11.3 Å². The van der Waals surface area contributed by atoms with Crippen molar-refractivity contribution in [3.63, 3.8) is 0 Å². The summed E-state index contributed by atoms with van der Waals surface area (Å²) in [5.41, 5.74) is 0. The Labute approximate surface area is 95.1 Å². The molecule has 0 fully saturated rings. The topological polar surface area (TPSA) is 47.0 Å². The fraction of sp³-hybridized carbons (Fsp3) is 0.800. The second-order valence-electron chi connectivity index (χ2n) is 3.35. The summed E-state index contributed by atoms with van der Waals surface area (Å²) in [5.74, 6) is 0. The van der Waals surface area contributed by atoms with Crippen molar-refractivity contribution in [2.45, 2.75) is 39.8 Å². The largest absolute Gasteiger partial charge is 0.374 e. The van der Waals surface area contributed by atoms with Crippen molar-refractivity contribution in [3.05, 3.63) is 10.0 Å². The molecular weight excluding hydrogens is 210 g/mol. The molecule has 1 aromatic heterocycles. The van der Waals surface area contributed by atoms with E-state index in [-0.39, 0.29) is 6.04 Å². The summed E-state index contributed by atoms with van der Waals surface area (Å²) in [6.07, 6.45) is 1.13. The minimum atomic E-state index is 0.290. The molecule has 1 heterocycles. The second-order valence-corrected chi connectivity index (χ2v) is 4.44. The average molecular weight is 229 g/mol. The van der Waals surface area contributed by atoms with Crippen molar-refractivity contribution in [1.29, 1.82) is 0 Å². The van der Waals surface area contributed by atoms with Gasteiger partial charge in [-0.3, -0.25) is 0 Å². The monoisotopic (exact) mass is 229 g/mol. The first-order chi connectivity index (χ1) is 7.27. The normalized spacial score (nSPS) is 13.0. The zero-order chi connectivity index (χ0) is 11.1. The highest BCUT2D eigenvalue weighted by Gasteiger charge is 2.10. The Hall–Kier alpha value is -0.520. The molecule has 0 aliphatic heterocycles. The smallest absolute Gasteiger partial charge is 0.143 e. The predicted molar refractivity (Wildman–Crippen MR) is 61.9 cm³/mol. The zero-order valence-electron chi connectivity index (χ0n) is 9.62. The molecule has 0 spiro atoms. The maximum Gasteiger partial charge on any atom is 0.143 e. The lowest BCUT2D eigenvalue weighted by molar-refractivity contribution is 0.133. The Morgan fingerprint density at radius 2 is 2.20 bits per heavy atom. The van der Waals surface area contributed by atoms with Gasteiger partial charge >= 0.3 is 0 Å². The van der Waals surface area contributed by atoms with Gasteiger partial charge < -0.3 is 10.1 Å². The Bertz CT molecular complexity index is 277. The molecule has 0 saturated carbocycles. The van der Waals surface area contributed by atoms with E-state index in [9.17, 15) is 0 Å². The molecule has 1 aromatic rings. The number of hydrogen-bond acceptors (Lipinski definition) is 5. The molecule has 1 unspecified atom stereocenters. The highest BCUT2D eigenvalue weighted by molar-refractivity contribution is 7.11. The first-order valence-corrected chi connectivity index (χ1v) is 6.23.